The molecule has 4 aromatic rings. The summed E-state index contributed by atoms with van der Waals surface area (Å²) in [6.45, 7) is 3.87. The maximum Gasteiger partial charge on any atom is 0.340 e. The van der Waals surface area contributed by atoms with Crippen molar-refractivity contribution < 1.29 is 19.0 Å². The van der Waals surface area contributed by atoms with Gasteiger partial charge >= 0.3 is 5.97 Å². The van der Waals surface area contributed by atoms with Crippen molar-refractivity contribution in [1.82, 2.24) is 9.55 Å². The average Bonchev–Trinajstić information content (AvgIpc) is 3.40. The lowest BCUT2D eigenvalue weighted by molar-refractivity contribution is 0.0600. The molecule has 0 spiro atoms. The second kappa shape index (κ2) is 9.93. The van der Waals surface area contributed by atoms with Crippen molar-refractivity contribution in [2.75, 3.05) is 25.1 Å². The predicted molar refractivity (Wildman–Crippen MR) is 133 cm³/mol. The molecule has 0 aliphatic carbocycles. The first-order valence-corrected chi connectivity index (χ1v) is 11.5. The van der Waals surface area contributed by atoms with Gasteiger partial charge in [-0.25, -0.2) is 4.79 Å². The van der Waals surface area contributed by atoms with E-state index >= 15 is 0 Å². The SMILES string of the molecule is COC(=O)c1cccc(N2CC(Oc3ccc(COc4ccc(C)nc4)cc3)C2)c1-n1cccc1. The average molecular weight is 470 g/mol. The van der Waals surface area contributed by atoms with Gasteiger partial charge in [-0.2, -0.15) is 0 Å². The number of esters is 1. The van der Waals surface area contributed by atoms with Crippen molar-refractivity contribution in [2.45, 2.75) is 19.6 Å². The number of aromatic nitrogens is 2. The maximum atomic E-state index is 12.4. The van der Waals surface area contributed by atoms with Crippen LogP contribution in [0.15, 0.2) is 85.3 Å². The Morgan fingerprint density at radius 1 is 0.971 bits per heavy atom. The molecule has 5 rings (SSSR count). The minimum atomic E-state index is -0.355. The second-order valence-electron chi connectivity index (χ2n) is 8.47. The third-order valence-corrected chi connectivity index (χ3v) is 5.99. The molecule has 0 radical (unpaired) electrons. The number of methoxy groups -OCH3 is 1. The number of rotatable bonds is 8. The van der Waals surface area contributed by atoms with Crippen molar-refractivity contribution in [3.8, 4) is 17.2 Å². The molecule has 7 nitrogen and oxygen atoms in total. The molecule has 35 heavy (non-hydrogen) atoms. The Morgan fingerprint density at radius 2 is 1.71 bits per heavy atom. The molecule has 0 atom stereocenters. The fourth-order valence-corrected chi connectivity index (χ4v) is 4.09. The van der Waals surface area contributed by atoms with Gasteiger partial charge in [-0.1, -0.05) is 18.2 Å². The van der Waals surface area contributed by atoms with E-state index in [4.69, 9.17) is 14.2 Å². The van der Waals surface area contributed by atoms with Crippen LogP contribution in [-0.4, -0.2) is 41.8 Å². The number of carbonyl (C=O) groups is 1. The highest BCUT2D eigenvalue weighted by atomic mass is 16.5. The summed E-state index contributed by atoms with van der Waals surface area (Å²) < 4.78 is 18.9. The highest BCUT2D eigenvalue weighted by Crippen LogP contribution is 2.33. The highest BCUT2D eigenvalue weighted by molar-refractivity contribution is 5.96. The number of para-hydroxylation sites is 1. The Labute approximate surface area is 204 Å². The molecule has 0 unspecified atom stereocenters. The number of benzene rings is 2. The molecule has 178 valence electrons. The Kier molecular flexibility index (Phi) is 6.39. The van der Waals surface area contributed by atoms with Gasteiger partial charge in [-0.05, 0) is 61.0 Å². The molecule has 1 aliphatic rings. The van der Waals surface area contributed by atoms with Crippen LogP contribution in [-0.2, 0) is 11.3 Å². The number of carbonyl (C=O) groups excluding carboxylic acids is 1. The van der Waals surface area contributed by atoms with Gasteiger partial charge in [0.25, 0.3) is 0 Å². The van der Waals surface area contributed by atoms with Crippen LogP contribution in [0, 0.1) is 6.92 Å². The fourth-order valence-electron chi connectivity index (χ4n) is 4.09. The first kappa shape index (κ1) is 22.5. The summed E-state index contributed by atoms with van der Waals surface area (Å²) in [5.74, 6) is 1.22. The smallest absolute Gasteiger partial charge is 0.340 e. The molecule has 1 fully saturated rings. The number of ether oxygens (including phenoxy) is 3. The van der Waals surface area contributed by atoms with E-state index in [0.29, 0.717) is 12.2 Å². The molecule has 1 saturated heterocycles. The molecular weight excluding hydrogens is 442 g/mol. The topological polar surface area (TPSA) is 65.8 Å². The molecular formula is C28H27N3O4. The zero-order valence-electron chi connectivity index (χ0n) is 19.8. The minimum absolute atomic E-state index is 0.0648. The van der Waals surface area contributed by atoms with Gasteiger partial charge in [0.05, 0.1) is 43.3 Å². The van der Waals surface area contributed by atoms with Crippen LogP contribution in [0.2, 0.25) is 0 Å². The normalized spacial score (nSPS) is 13.3. The Morgan fingerprint density at radius 3 is 2.40 bits per heavy atom. The van der Waals surface area contributed by atoms with Crippen LogP contribution in [0.25, 0.3) is 5.69 Å². The lowest BCUT2D eigenvalue weighted by Gasteiger charge is -2.41. The van der Waals surface area contributed by atoms with Crippen molar-refractivity contribution in [2.24, 2.45) is 0 Å². The second-order valence-corrected chi connectivity index (χ2v) is 8.47. The van der Waals surface area contributed by atoms with Gasteiger partial charge in [-0.15, -0.1) is 0 Å². The minimum Gasteiger partial charge on any atom is -0.487 e. The van der Waals surface area contributed by atoms with Crippen molar-refractivity contribution in [3.05, 3.63) is 102 Å². The van der Waals surface area contributed by atoms with E-state index in [1.807, 2.05) is 84.5 Å². The van der Waals surface area contributed by atoms with Gasteiger partial charge in [-0.3, -0.25) is 4.98 Å². The standard InChI is InChI=1S/C28H27N3O4/c1-20-8-11-23(16-29-20)34-19-21-9-12-22(13-10-21)35-24-17-31(18-24)26-7-5-6-25(28(32)33-2)27(26)30-14-3-4-15-30/h3-16,24H,17-19H2,1-2H3. The van der Waals surface area contributed by atoms with Crippen molar-refractivity contribution in [1.29, 1.82) is 0 Å². The van der Waals surface area contributed by atoms with Crippen LogP contribution in [0.5, 0.6) is 11.5 Å². The summed E-state index contributed by atoms with van der Waals surface area (Å²) >= 11 is 0. The van der Waals surface area contributed by atoms with Gasteiger partial charge in [0.1, 0.15) is 24.2 Å². The molecule has 3 heterocycles. The molecule has 0 saturated carbocycles. The monoisotopic (exact) mass is 469 g/mol. The van der Waals surface area contributed by atoms with Gasteiger partial charge < -0.3 is 23.7 Å². The number of hydrogen-bond acceptors (Lipinski definition) is 6. The first-order chi connectivity index (χ1) is 17.1. The van der Waals surface area contributed by atoms with E-state index in [9.17, 15) is 4.79 Å². The summed E-state index contributed by atoms with van der Waals surface area (Å²) in [7, 11) is 1.40. The lowest BCUT2D eigenvalue weighted by atomic mass is 10.1. The van der Waals surface area contributed by atoms with Crippen LogP contribution in [0.1, 0.15) is 21.6 Å². The number of anilines is 1. The van der Waals surface area contributed by atoms with E-state index < -0.39 is 0 Å². The number of hydrogen-bond donors (Lipinski definition) is 0. The van der Waals surface area contributed by atoms with Crippen molar-refractivity contribution >= 4 is 11.7 Å². The van der Waals surface area contributed by atoms with E-state index in [-0.39, 0.29) is 12.1 Å². The van der Waals surface area contributed by atoms with Gasteiger partial charge in [0, 0.05) is 18.1 Å². The van der Waals surface area contributed by atoms with E-state index in [1.165, 1.54) is 7.11 Å². The number of nitrogens with zero attached hydrogens (tertiary/aromatic N) is 3. The van der Waals surface area contributed by atoms with Gasteiger partial charge in [0.2, 0.25) is 0 Å². The lowest BCUT2D eigenvalue weighted by Crippen LogP contribution is -2.54. The quantitative estimate of drug-likeness (QED) is 0.345. The summed E-state index contributed by atoms with van der Waals surface area (Å²) in [6.07, 6.45) is 5.66. The number of aryl methyl sites for hydroxylation is 1. The van der Waals surface area contributed by atoms with Crippen LogP contribution in [0.4, 0.5) is 5.69 Å². The van der Waals surface area contributed by atoms with E-state index in [0.717, 1.165) is 47.2 Å². The maximum absolute atomic E-state index is 12.4. The Balaban J connectivity index is 1.21. The summed E-state index contributed by atoms with van der Waals surface area (Å²) in [5, 5.41) is 0. The molecule has 7 heteroatoms. The summed E-state index contributed by atoms with van der Waals surface area (Å²) in [4.78, 5) is 18.9. The third-order valence-electron chi connectivity index (χ3n) is 5.99. The third kappa shape index (κ3) is 4.99. The van der Waals surface area contributed by atoms with E-state index in [1.54, 1.807) is 12.3 Å². The predicted octanol–water partition coefficient (Wildman–Crippen LogP) is 4.81. The zero-order chi connectivity index (χ0) is 24.2. The molecule has 0 amide bonds. The molecule has 0 bridgehead atoms. The molecule has 1 aliphatic heterocycles. The molecule has 2 aromatic carbocycles. The Hall–Kier alpha value is -4.26. The summed E-state index contributed by atoms with van der Waals surface area (Å²) in [6, 6.07) is 21.4. The number of pyridine rings is 1. The molecule has 2 aromatic heterocycles. The zero-order valence-corrected chi connectivity index (χ0v) is 19.8. The highest BCUT2D eigenvalue weighted by Gasteiger charge is 2.32. The molecule has 0 N–H and O–H groups in total. The first-order valence-electron chi connectivity index (χ1n) is 11.5. The van der Waals surface area contributed by atoms with Crippen LogP contribution in [0.3, 0.4) is 0 Å². The van der Waals surface area contributed by atoms with Crippen LogP contribution < -0.4 is 14.4 Å². The fraction of sp³-hybridized carbons (Fsp3) is 0.214. The van der Waals surface area contributed by atoms with Crippen molar-refractivity contribution in [3.63, 3.8) is 0 Å². The van der Waals surface area contributed by atoms with E-state index in [2.05, 4.69) is 9.88 Å². The van der Waals surface area contributed by atoms with Crippen LogP contribution >= 0.6 is 0 Å². The largest absolute Gasteiger partial charge is 0.487 e. The van der Waals surface area contributed by atoms with Gasteiger partial charge in [0.15, 0.2) is 0 Å². The Bertz CT molecular complexity index is 1280. The summed E-state index contributed by atoms with van der Waals surface area (Å²) in [5.41, 5.74) is 4.34.